The molecule has 0 aliphatic carbocycles. The van der Waals surface area contributed by atoms with E-state index in [1.54, 1.807) is 0 Å². The average molecular weight is 283 g/mol. The molecule has 0 radical (unpaired) electrons. The minimum absolute atomic E-state index is 0. The second-order valence-electron chi connectivity index (χ2n) is 2.05. The van der Waals surface area contributed by atoms with Gasteiger partial charge < -0.3 is 24.5 Å². The fraction of sp³-hybridized carbons (Fsp3) is 0.500. The van der Waals surface area contributed by atoms with E-state index < -0.39 is 31.5 Å². The molecular weight excluding hydrogens is 279 g/mol. The molecule has 2 unspecified atom stereocenters. The predicted molar refractivity (Wildman–Crippen MR) is 30.0 cm³/mol. The van der Waals surface area contributed by atoms with Crippen LogP contribution in [-0.4, -0.2) is 41.7 Å². The van der Waals surface area contributed by atoms with Gasteiger partial charge in [-0.2, -0.15) is 0 Å². The van der Waals surface area contributed by atoms with Crippen molar-refractivity contribution in [3.8, 4) is 0 Å². The molecule has 2 atom stereocenters. The van der Waals surface area contributed by atoms with Gasteiger partial charge in [-0.15, -0.1) is 0 Å². The van der Waals surface area contributed by atoms with Crippen LogP contribution in [0.15, 0.2) is 0 Å². The largest absolute Gasteiger partial charge is 1.00 e. The zero-order chi connectivity index (χ0) is 9.30. The molecule has 0 spiro atoms. The van der Waals surface area contributed by atoms with Crippen LogP contribution < -0.4 is 5.02 Å². The second kappa shape index (κ2) is 4.75. The fourth-order valence-corrected chi connectivity index (χ4v) is 0.611. The van der Waals surface area contributed by atoms with Crippen LogP contribution >= 0.6 is 0 Å². The van der Waals surface area contributed by atoms with E-state index in [9.17, 15) is 14.6 Å². The number of carbonyl (C=O) groups excluding carboxylic acids is 2. The van der Waals surface area contributed by atoms with E-state index in [-0.39, 0.29) is 22.4 Å². The molecule has 7 nitrogen and oxygen atoms in total. The van der Waals surface area contributed by atoms with Gasteiger partial charge in [-0.3, -0.25) is 9.59 Å². The Labute approximate surface area is 88.3 Å². The van der Waals surface area contributed by atoms with Gasteiger partial charge in [-0.05, 0) is 0 Å². The van der Waals surface area contributed by atoms with E-state index in [0.29, 0.717) is 0 Å². The summed E-state index contributed by atoms with van der Waals surface area (Å²) >= 11 is 0. The molecule has 2 N–H and O–H groups in total. The summed E-state index contributed by atoms with van der Waals surface area (Å²) in [6.45, 7) is 0. The van der Waals surface area contributed by atoms with Crippen LogP contribution in [0.3, 0.4) is 0 Å². The molecule has 1 fully saturated rings. The Balaban J connectivity index is 0.00000144. The summed E-state index contributed by atoms with van der Waals surface area (Å²) in [5.41, 5.74) is 0. The first kappa shape index (κ1) is 12.6. The summed E-state index contributed by atoms with van der Waals surface area (Å²) in [6, 6.07) is 0. The predicted octanol–water partition coefficient (Wildman–Crippen LogP) is -3.85. The fourth-order valence-electron chi connectivity index (χ4n) is 0.611. The van der Waals surface area contributed by atoms with Crippen molar-refractivity contribution in [1.82, 2.24) is 0 Å². The Morgan fingerprint density at radius 3 is 1.77 bits per heavy atom. The van der Waals surface area contributed by atoms with Crippen molar-refractivity contribution in [2.24, 2.45) is 0 Å². The summed E-state index contributed by atoms with van der Waals surface area (Å²) in [5, 5.41) is 27.9. The topological polar surface area (TPSA) is 116 Å². The quantitative estimate of drug-likeness (QED) is 0.437. The van der Waals surface area contributed by atoms with E-state index in [1.165, 1.54) is 0 Å². The zero-order valence-electron chi connectivity index (χ0n) is 5.97. The van der Waals surface area contributed by atoms with Crippen molar-refractivity contribution in [3.63, 3.8) is 0 Å². The zero-order valence-corrected chi connectivity index (χ0v) is 7.45. The maximum absolute atomic E-state index is 10.5. The molecule has 1 aliphatic rings. The average Bonchev–Trinajstić information content (AvgIpc) is 2.05. The number of aliphatic hydroxyl groups excluding tert-OH is 2. The minimum atomic E-state index is -2.32. The first-order valence-corrected chi connectivity index (χ1v) is 2.95. The molecule has 1 rings (SSSR count). The van der Waals surface area contributed by atoms with Crippen LogP contribution in [0, 0.1) is 0 Å². The first-order chi connectivity index (χ1) is 5.52. The third kappa shape index (κ3) is 2.80. The van der Waals surface area contributed by atoms with Crippen LogP contribution in [0.4, 0.5) is 0 Å². The Morgan fingerprint density at radius 1 is 1.15 bits per heavy atom. The third-order valence-electron chi connectivity index (χ3n) is 1.21. The van der Waals surface area contributed by atoms with Crippen molar-refractivity contribution in [3.05, 3.63) is 0 Å². The molecule has 0 saturated carbocycles. The van der Waals surface area contributed by atoms with Gasteiger partial charge in [0, 0.05) is 0 Å². The van der Waals surface area contributed by atoms with Gasteiger partial charge in [-0.1, -0.05) is 0 Å². The van der Waals surface area contributed by atoms with Crippen LogP contribution in [0.25, 0.3) is 0 Å². The Bertz CT molecular complexity index is 199. The maximum atomic E-state index is 10.5. The van der Waals surface area contributed by atoms with Gasteiger partial charge >= 0.3 is 41.6 Å². The molecule has 0 amide bonds. The van der Waals surface area contributed by atoms with Crippen LogP contribution in [0.2, 0.25) is 0 Å². The molecule has 1 aliphatic heterocycles. The summed E-state index contributed by atoms with van der Waals surface area (Å²) in [4.78, 5) is 21.0. The number of rotatable bonds is 0. The SMILES string of the molecule is O=C1OB([O-])OC(=O)C(O)C1O.[Ag+]. The number of hydrogen-bond donors (Lipinski definition) is 2. The van der Waals surface area contributed by atoms with E-state index in [2.05, 4.69) is 9.31 Å². The van der Waals surface area contributed by atoms with Gasteiger partial charge in [-0.25, -0.2) is 0 Å². The molecule has 1 heterocycles. The number of hydrogen-bond acceptors (Lipinski definition) is 7. The smallest absolute Gasteiger partial charge is 0.808 e. The van der Waals surface area contributed by atoms with E-state index in [1.807, 2.05) is 0 Å². The molecular formula is C4H4AgBO7. The third-order valence-corrected chi connectivity index (χ3v) is 1.21. The van der Waals surface area contributed by atoms with Gasteiger partial charge in [0.05, 0.1) is 0 Å². The molecule has 9 heteroatoms. The Hall–Kier alpha value is -0.375. The van der Waals surface area contributed by atoms with Crippen LogP contribution in [-0.2, 0) is 41.3 Å². The molecule has 0 aromatic carbocycles. The normalized spacial score (nSPS) is 28.4. The summed E-state index contributed by atoms with van der Waals surface area (Å²) in [5.74, 6) is -2.76. The van der Waals surface area contributed by atoms with Crippen molar-refractivity contribution in [1.29, 1.82) is 0 Å². The maximum Gasteiger partial charge on any atom is 1.00 e. The van der Waals surface area contributed by atoms with Gasteiger partial charge in [0.25, 0.3) is 0 Å². The number of carbonyl (C=O) groups is 2. The summed E-state index contributed by atoms with van der Waals surface area (Å²) < 4.78 is 7.63. The minimum Gasteiger partial charge on any atom is -0.808 e. The molecule has 13 heavy (non-hydrogen) atoms. The van der Waals surface area contributed by atoms with E-state index in [4.69, 9.17) is 10.2 Å². The van der Waals surface area contributed by atoms with Crippen molar-refractivity contribution in [2.45, 2.75) is 12.2 Å². The van der Waals surface area contributed by atoms with Crippen molar-refractivity contribution >= 4 is 19.3 Å². The summed E-state index contributed by atoms with van der Waals surface area (Å²) in [6.07, 6.45) is -4.12. The van der Waals surface area contributed by atoms with Gasteiger partial charge in [0.2, 0.25) is 0 Å². The molecule has 0 bridgehead atoms. The van der Waals surface area contributed by atoms with Crippen LogP contribution in [0.1, 0.15) is 0 Å². The van der Waals surface area contributed by atoms with Crippen molar-refractivity contribution < 1.29 is 56.5 Å². The molecule has 0 aromatic rings. The van der Waals surface area contributed by atoms with Gasteiger partial charge in [0.1, 0.15) is 0 Å². The monoisotopic (exact) mass is 282 g/mol. The standard InChI is InChI=1S/C4H4BO7.Ag/c6-1-2(7)4(9)12-5(10)11-3(1)8;/h1-2,6-7H;/q-1;+1. The molecule has 1 saturated heterocycles. The Kier molecular flexibility index (Phi) is 4.61. The number of aliphatic hydroxyl groups is 2. The molecule has 0 aromatic heterocycles. The van der Waals surface area contributed by atoms with E-state index in [0.717, 1.165) is 0 Å². The van der Waals surface area contributed by atoms with Gasteiger partial charge in [0.15, 0.2) is 12.2 Å². The molecule has 76 valence electrons. The van der Waals surface area contributed by atoms with Crippen LogP contribution in [0.5, 0.6) is 0 Å². The Morgan fingerprint density at radius 2 is 1.46 bits per heavy atom. The van der Waals surface area contributed by atoms with Crippen molar-refractivity contribution in [2.75, 3.05) is 0 Å². The summed E-state index contributed by atoms with van der Waals surface area (Å²) in [7, 11) is -2.32. The second-order valence-corrected chi connectivity index (χ2v) is 2.05. The first-order valence-electron chi connectivity index (χ1n) is 2.95. The van der Waals surface area contributed by atoms with E-state index >= 15 is 0 Å².